The van der Waals surface area contributed by atoms with Gasteiger partial charge in [0.1, 0.15) is 10.9 Å². The Morgan fingerprint density at radius 3 is 2.58 bits per heavy atom. The van der Waals surface area contributed by atoms with Gasteiger partial charge in [0.05, 0.1) is 5.69 Å². The Hall–Kier alpha value is -2.65. The van der Waals surface area contributed by atoms with Crippen molar-refractivity contribution in [2.45, 2.75) is 70.5 Å². The summed E-state index contributed by atoms with van der Waals surface area (Å²) in [5, 5.41) is 3.63. The molecular weight excluding hydrogens is 462 g/mol. The Kier molecular flexibility index (Phi) is 8.68. The summed E-state index contributed by atoms with van der Waals surface area (Å²) in [6.07, 6.45) is 6.17. The highest BCUT2D eigenvalue weighted by molar-refractivity contribution is 7.09. The second-order valence-corrected chi connectivity index (χ2v) is 9.49. The van der Waals surface area contributed by atoms with Gasteiger partial charge in [0.15, 0.2) is 5.69 Å². The summed E-state index contributed by atoms with van der Waals surface area (Å²) in [6.45, 7) is 2.15. The van der Waals surface area contributed by atoms with E-state index in [2.05, 4.69) is 9.69 Å². The molecule has 1 unspecified atom stereocenters. The third-order valence-electron chi connectivity index (χ3n) is 5.93. The van der Waals surface area contributed by atoms with Crippen LogP contribution in [0.5, 0.6) is 0 Å². The minimum atomic E-state index is -0.804. The van der Waals surface area contributed by atoms with Crippen molar-refractivity contribution in [3.05, 3.63) is 45.4 Å². The summed E-state index contributed by atoms with van der Waals surface area (Å²) in [6, 6.07) is 6.60. The Labute approximate surface area is 202 Å². The lowest BCUT2D eigenvalue weighted by Gasteiger charge is -2.32. The number of hydrogen-bond donors (Lipinski definition) is 3. The van der Waals surface area contributed by atoms with E-state index in [-0.39, 0.29) is 34.8 Å². The maximum atomic E-state index is 13.7. The number of anilines is 1. The maximum absolute atomic E-state index is 13.7. The first kappa shape index (κ1) is 25.0. The predicted octanol–water partition coefficient (Wildman–Crippen LogP) is 3.74. The van der Waals surface area contributed by atoms with Crippen LogP contribution >= 0.6 is 23.1 Å². The van der Waals surface area contributed by atoms with Crippen LogP contribution in [0.4, 0.5) is 5.69 Å². The number of unbranched alkanes of at least 4 members (excludes halogenated alkanes) is 1. The third-order valence-corrected chi connectivity index (χ3v) is 7.15. The molecule has 2 aromatic rings. The van der Waals surface area contributed by atoms with E-state index in [0.717, 1.165) is 50.1 Å². The second kappa shape index (κ2) is 11.5. The van der Waals surface area contributed by atoms with Crippen LogP contribution in [0.1, 0.15) is 77.6 Å². The van der Waals surface area contributed by atoms with Gasteiger partial charge in [-0.15, -0.1) is 0 Å². The van der Waals surface area contributed by atoms with Crippen LogP contribution in [0.15, 0.2) is 24.3 Å². The average Bonchev–Trinajstić information content (AvgIpc) is 3.43. The van der Waals surface area contributed by atoms with Gasteiger partial charge in [-0.1, -0.05) is 62.4 Å². The zero-order valence-electron chi connectivity index (χ0n) is 18.7. The molecule has 1 heterocycles. The number of nitrogens with one attached hydrogen (secondary N) is 1. The van der Waals surface area contributed by atoms with E-state index in [1.165, 1.54) is 4.90 Å². The number of nitrogens with two attached hydrogens (primary N) is 2. The van der Waals surface area contributed by atoms with Crippen molar-refractivity contribution in [2.75, 3.05) is 5.73 Å². The third kappa shape index (κ3) is 6.03. The van der Waals surface area contributed by atoms with Crippen LogP contribution in [0.25, 0.3) is 0 Å². The summed E-state index contributed by atoms with van der Waals surface area (Å²) < 4.78 is 3.96. The number of nitrogen functional groups attached to an aromatic ring is 1. The van der Waals surface area contributed by atoms with E-state index < -0.39 is 17.9 Å². The average molecular weight is 492 g/mol. The number of primary amides is 1. The lowest BCUT2D eigenvalue weighted by atomic mass is 10.0. The SMILES string of the molecule is CCCCC(C(=O)NC1CCCC1)N(Cc1ccccc1Cl)C(=O)c1snc(C(N)=O)c1N. The quantitative estimate of drug-likeness (QED) is 0.465. The molecule has 5 N–H and O–H groups in total. The van der Waals surface area contributed by atoms with E-state index in [0.29, 0.717) is 17.0 Å². The fourth-order valence-electron chi connectivity index (χ4n) is 4.09. The van der Waals surface area contributed by atoms with Gasteiger partial charge in [0.25, 0.3) is 11.8 Å². The molecule has 0 saturated heterocycles. The molecule has 1 aromatic heterocycles. The molecule has 178 valence electrons. The Balaban J connectivity index is 1.98. The molecule has 0 bridgehead atoms. The van der Waals surface area contributed by atoms with Crippen LogP contribution < -0.4 is 16.8 Å². The number of rotatable bonds is 10. The molecule has 3 rings (SSSR count). The van der Waals surface area contributed by atoms with Gasteiger partial charge in [0, 0.05) is 17.6 Å². The monoisotopic (exact) mass is 491 g/mol. The molecular formula is C23H30ClN5O3S. The van der Waals surface area contributed by atoms with E-state index in [9.17, 15) is 14.4 Å². The molecule has 10 heteroatoms. The number of hydrogen-bond acceptors (Lipinski definition) is 6. The highest BCUT2D eigenvalue weighted by Gasteiger charge is 2.34. The summed E-state index contributed by atoms with van der Waals surface area (Å²) >= 11 is 7.20. The number of nitrogens with zero attached hydrogens (tertiary/aromatic N) is 2. The molecule has 8 nitrogen and oxygen atoms in total. The van der Waals surface area contributed by atoms with Crippen molar-refractivity contribution in [3.8, 4) is 0 Å². The molecule has 33 heavy (non-hydrogen) atoms. The number of carbonyl (C=O) groups is 3. The van der Waals surface area contributed by atoms with E-state index in [1.807, 2.05) is 19.1 Å². The Bertz CT molecular complexity index is 1010. The van der Waals surface area contributed by atoms with E-state index in [1.54, 1.807) is 12.1 Å². The minimum absolute atomic E-state index is 0.0629. The molecule has 1 saturated carbocycles. The zero-order valence-corrected chi connectivity index (χ0v) is 20.3. The Morgan fingerprint density at radius 1 is 1.27 bits per heavy atom. The maximum Gasteiger partial charge on any atom is 0.270 e. The van der Waals surface area contributed by atoms with Crippen LogP contribution in [0, 0.1) is 0 Å². The number of halogens is 1. The van der Waals surface area contributed by atoms with Crippen molar-refractivity contribution < 1.29 is 14.4 Å². The van der Waals surface area contributed by atoms with Gasteiger partial charge in [-0.3, -0.25) is 14.4 Å². The first-order valence-corrected chi connectivity index (χ1v) is 12.4. The fourth-order valence-corrected chi connectivity index (χ4v) is 5.04. The topological polar surface area (TPSA) is 131 Å². The second-order valence-electron chi connectivity index (χ2n) is 8.31. The van der Waals surface area contributed by atoms with Crippen LogP contribution in [-0.2, 0) is 11.3 Å². The largest absolute Gasteiger partial charge is 0.395 e. The van der Waals surface area contributed by atoms with Crippen molar-refractivity contribution >= 4 is 46.5 Å². The Morgan fingerprint density at radius 2 is 1.97 bits per heavy atom. The summed E-state index contributed by atoms with van der Waals surface area (Å²) in [7, 11) is 0. The smallest absolute Gasteiger partial charge is 0.270 e. The van der Waals surface area contributed by atoms with Gasteiger partial charge in [-0.05, 0) is 42.4 Å². The molecule has 0 aliphatic heterocycles. The number of amides is 3. The highest BCUT2D eigenvalue weighted by atomic mass is 35.5. The van der Waals surface area contributed by atoms with Gasteiger partial charge in [-0.2, -0.15) is 4.37 Å². The van der Waals surface area contributed by atoms with Crippen LogP contribution in [0.3, 0.4) is 0 Å². The molecule has 3 amide bonds. The van der Waals surface area contributed by atoms with Crippen LogP contribution in [-0.4, -0.2) is 39.1 Å². The molecule has 1 atom stereocenters. The number of aromatic nitrogens is 1. The van der Waals surface area contributed by atoms with Crippen LogP contribution in [0.2, 0.25) is 5.02 Å². The van der Waals surface area contributed by atoms with Gasteiger partial charge in [0.2, 0.25) is 5.91 Å². The number of benzene rings is 1. The molecule has 1 aliphatic carbocycles. The van der Waals surface area contributed by atoms with Crippen molar-refractivity contribution in [1.29, 1.82) is 0 Å². The van der Waals surface area contributed by atoms with E-state index in [4.69, 9.17) is 23.1 Å². The molecule has 1 aliphatic rings. The standard InChI is InChI=1S/C23H30ClN5O3S/c1-2-3-12-17(22(31)27-15-9-5-6-10-15)29(13-14-8-4-7-11-16(14)24)23(32)20-18(25)19(21(26)30)28-33-20/h4,7-8,11,15,17H,2-3,5-6,9-10,12-13,25H2,1H3,(H2,26,30)(H,27,31). The van der Waals surface area contributed by atoms with E-state index >= 15 is 0 Å². The molecule has 1 aromatic carbocycles. The zero-order chi connectivity index (χ0) is 24.0. The van der Waals surface area contributed by atoms with Gasteiger partial charge in [-0.25, -0.2) is 0 Å². The fraction of sp³-hybridized carbons (Fsp3) is 0.478. The van der Waals surface area contributed by atoms with Crippen molar-refractivity contribution in [1.82, 2.24) is 14.6 Å². The first-order valence-electron chi connectivity index (χ1n) is 11.2. The molecule has 0 spiro atoms. The van der Waals surface area contributed by atoms with Crippen molar-refractivity contribution in [2.24, 2.45) is 5.73 Å². The number of carbonyl (C=O) groups excluding carboxylic acids is 3. The summed E-state index contributed by atoms with van der Waals surface area (Å²) in [4.78, 5) is 40.3. The van der Waals surface area contributed by atoms with Gasteiger partial charge < -0.3 is 21.7 Å². The van der Waals surface area contributed by atoms with Crippen molar-refractivity contribution in [3.63, 3.8) is 0 Å². The summed E-state index contributed by atoms with van der Waals surface area (Å²) in [5.74, 6) is -1.46. The predicted molar refractivity (Wildman–Crippen MR) is 130 cm³/mol. The normalized spacial score (nSPS) is 14.7. The lowest BCUT2D eigenvalue weighted by Crippen LogP contribution is -2.51. The highest BCUT2D eigenvalue weighted by Crippen LogP contribution is 2.28. The first-order chi connectivity index (χ1) is 15.8. The lowest BCUT2D eigenvalue weighted by molar-refractivity contribution is -0.126. The minimum Gasteiger partial charge on any atom is -0.395 e. The summed E-state index contributed by atoms with van der Waals surface area (Å²) in [5.41, 5.74) is 11.9. The molecule has 1 fully saturated rings. The molecule has 0 radical (unpaired) electrons. The van der Waals surface area contributed by atoms with Gasteiger partial charge >= 0.3 is 0 Å².